The Morgan fingerprint density at radius 2 is 2.03 bits per heavy atom. The first-order valence-electron chi connectivity index (χ1n) is 10.2. The Kier molecular flexibility index (Phi) is 5.76. The van der Waals surface area contributed by atoms with Crippen molar-refractivity contribution in [3.8, 4) is 11.4 Å². The molecule has 2 aromatic heterocycles. The van der Waals surface area contributed by atoms with Crippen molar-refractivity contribution in [2.75, 3.05) is 25.0 Å². The molecule has 1 saturated heterocycles. The molecule has 0 spiro atoms. The van der Waals surface area contributed by atoms with Gasteiger partial charge in [0, 0.05) is 31.5 Å². The summed E-state index contributed by atoms with van der Waals surface area (Å²) < 4.78 is 1.59. The molecule has 156 valence electrons. The molecule has 1 amide bonds. The predicted octanol–water partition coefficient (Wildman–Crippen LogP) is 2.75. The third-order valence-corrected chi connectivity index (χ3v) is 5.16. The molecule has 0 saturated carbocycles. The van der Waals surface area contributed by atoms with Gasteiger partial charge in [-0.1, -0.05) is 12.1 Å². The second kappa shape index (κ2) is 8.62. The molecule has 1 aromatic carbocycles. The molecule has 0 aliphatic carbocycles. The van der Waals surface area contributed by atoms with Crippen molar-refractivity contribution in [3.63, 3.8) is 0 Å². The van der Waals surface area contributed by atoms with Crippen molar-refractivity contribution in [2.24, 2.45) is 7.05 Å². The number of nitrogens with one attached hydrogen (secondary N) is 2. The summed E-state index contributed by atoms with van der Waals surface area (Å²) in [5, 5.41) is 10.8. The minimum atomic E-state index is -0.128. The summed E-state index contributed by atoms with van der Waals surface area (Å²) >= 11 is 0. The maximum atomic E-state index is 12.7. The van der Waals surface area contributed by atoms with Crippen molar-refractivity contribution in [2.45, 2.75) is 26.3 Å². The number of hydrogen-bond donors (Lipinski definition) is 2. The number of carbonyl (C=O) groups is 1. The van der Waals surface area contributed by atoms with E-state index in [9.17, 15) is 4.79 Å². The lowest BCUT2D eigenvalue weighted by Crippen LogP contribution is -2.47. The Bertz CT molecular complexity index is 1040. The van der Waals surface area contributed by atoms with Gasteiger partial charge in [0.15, 0.2) is 0 Å². The first-order valence-corrected chi connectivity index (χ1v) is 10.2. The number of aryl methyl sites for hydroxylation is 2. The van der Waals surface area contributed by atoms with E-state index in [1.807, 2.05) is 38.1 Å². The van der Waals surface area contributed by atoms with E-state index in [-0.39, 0.29) is 11.9 Å². The number of aromatic nitrogens is 4. The van der Waals surface area contributed by atoms with E-state index < -0.39 is 0 Å². The van der Waals surface area contributed by atoms with Crippen molar-refractivity contribution in [1.29, 1.82) is 0 Å². The van der Waals surface area contributed by atoms with Crippen molar-refractivity contribution in [3.05, 3.63) is 53.9 Å². The maximum Gasteiger partial charge on any atom is 0.269 e. The van der Waals surface area contributed by atoms with Crippen LogP contribution < -0.4 is 10.6 Å². The SMILES string of the molecule is Cc1cccc(Nc2nccc(-c3cc(C(=O)N[C@@H](C)CN4CCC4)n(C)n3)n2)c1. The van der Waals surface area contributed by atoms with Crippen molar-refractivity contribution in [1.82, 2.24) is 30.0 Å². The summed E-state index contributed by atoms with van der Waals surface area (Å²) in [5.74, 6) is 0.356. The van der Waals surface area contributed by atoms with Crippen LogP contribution in [-0.2, 0) is 7.05 Å². The van der Waals surface area contributed by atoms with E-state index in [4.69, 9.17) is 0 Å². The Labute approximate surface area is 176 Å². The highest BCUT2D eigenvalue weighted by molar-refractivity contribution is 5.93. The van der Waals surface area contributed by atoms with Crippen LogP contribution in [-0.4, -0.2) is 56.2 Å². The molecule has 2 N–H and O–H groups in total. The third-order valence-electron chi connectivity index (χ3n) is 5.16. The molecule has 3 aromatic rings. The fourth-order valence-corrected chi connectivity index (χ4v) is 3.51. The molecule has 1 aliphatic heterocycles. The molecule has 8 heteroatoms. The van der Waals surface area contributed by atoms with Gasteiger partial charge in [-0.25, -0.2) is 9.97 Å². The van der Waals surface area contributed by atoms with Crippen LogP contribution in [0.25, 0.3) is 11.4 Å². The normalized spacial score (nSPS) is 14.8. The van der Waals surface area contributed by atoms with Crippen LogP contribution in [0.5, 0.6) is 0 Å². The summed E-state index contributed by atoms with van der Waals surface area (Å²) in [4.78, 5) is 23.9. The molecular formula is C22H27N7O. The number of amides is 1. The number of rotatable bonds is 7. The molecule has 0 unspecified atom stereocenters. The lowest BCUT2D eigenvalue weighted by molar-refractivity contribution is 0.0905. The van der Waals surface area contributed by atoms with Gasteiger partial charge in [-0.05, 0) is 63.2 Å². The van der Waals surface area contributed by atoms with Gasteiger partial charge in [-0.3, -0.25) is 9.48 Å². The second-order valence-electron chi connectivity index (χ2n) is 7.83. The highest BCUT2D eigenvalue weighted by atomic mass is 16.2. The lowest BCUT2D eigenvalue weighted by Gasteiger charge is -2.33. The first kappa shape index (κ1) is 20.0. The van der Waals surface area contributed by atoms with Crippen molar-refractivity contribution < 1.29 is 4.79 Å². The average Bonchev–Trinajstić information content (AvgIpc) is 3.07. The van der Waals surface area contributed by atoms with Crippen LogP contribution in [0.1, 0.15) is 29.4 Å². The summed E-state index contributed by atoms with van der Waals surface area (Å²) in [7, 11) is 1.77. The predicted molar refractivity (Wildman–Crippen MR) is 117 cm³/mol. The molecule has 0 bridgehead atoms. The Hall–Kier alpha value is -3.26. The Morgan fingerprint density at radius 3 is 2.77 bits per heavy atom. The fraction of sp³-hybridized carbons (Fsp3) is 0.364. The first-order chi connectivity index (χ1) is 14.5. The van der Waals surface area contributed by atoms with Crippen LogP contribution in [0.15, 0.2) is 42.6 Å². The zero-order valence-corrected chi connectivity index (χ0v) is 17.6. The summed E-state index contributed by atoms with van der Waals surface area (Å²) in [6.07, 6.45) is 2.93. The summed E-state index contributed by atoms with van der Waals surface area (Å²) in [5.41, 5.74) is 3.87. The summed E-state index contributed by atoms with van der Waals surface area (Å²) in [6.45, 7) is 7.16. The minimum absolute atomic E-state index is 0.0836. The number of nitrogens with zero attached hydrogens (tertiary/aromatic N) is 5. The molecule has 1 aliphatic rings. The Balaban J connectivity index is 1.47. The topological polar surface area (TPSA) is 88.0 Å². The lowest BCUT2D eigenvalue weighted by atomic mass is 10.2. The standard InChI is InChI=1S/C22H27N7O/c1-15-6-4-7-17(12-15)25-22-23-9-8-18(26-22)19-13-20(28(3)27-19)21(30)24-16(2)14-29-10-5-11-29/h4,6-9,12-13,16H,5,10-11,14H2,1-3H3,(H,24,30)(H,23,25,26)/t16-/m0/s1. The van der Waals surface area contributed by atoms with E-state index in [0.717, 1.165) is 30.9 Å². The number of benzene rings is 1. The quantitative estimate of drug-likeness (QED) is 0.628. The van der Waals surface area contributed by atoms with E-state index in [0.29, 0.717) is 23.0 Å². The van der Waals surface area contributed by atoms with E-state index in [1.54, 1.807) is 30.1 Å². The molecule has 8 nitrogen and oxygen atoms in total. The summed E-state index contributed by atoms with van der Waals surface area (Å²) in [6, 6.07) is 11.7. The highest BCUT2D eigenvalue weighted by Crippen LogP contribution is 2.20. The van der Waals surface area contributed by atoms with Crippen LogP contribution in [0.2, 0.25) is 0 Å². The maximum absolute atomic E-state index is 12.7. The van der Waals surface area contributed by atoms with E-state index >= 15 is 0 Å². The Morgan fingerprint density at radius 1 is 1.20 bits per heavy atom. The van der Waals surface area contributed by atoms with Gasteiger partial charge in [-0.2, -0.15) is 5.10 Å². The number of hydrogen-bond acceptors (Lipinski definition) is 6. The smallest absolute Gasteiger partial charge is 0.269 e. The number of anilines is 2. The van der Waals surface area contributed by atoms with Crippen LogP contribution >= 0.6 is 0 Å². The van der Waals surface area contributed by atoms with E-state index in [1.165, 1.54) is 6.42 Å². The highest BCUT2D eigenvalue weighted by Gasteiger charge is 2.20. The largest absolute Gasteiger partial charge is 0.347 e. The molecule has 0 radical (unpaired) electrons. The molecule has 3 heterocycles. The number of likely N-dealkylation sites (tertiary alicyclic amines) is 1. The molecule has 4 rings (SSSR count). The van der Waals surface area contributed by atoms with Gasteiger partial charge in [0.1, 0.15) is 11.4 Å². The van der Waals surface area contributed by atoms with Gasteiger partial charge in [0.05, 0.1) is 5.69 Å². The third kappa shape index (κ3) is 4.65. The van der Waals surface area contributed by atoms with Crippen molar-refractivity contribution >= 4 is 17.5 Å². The van der Waals surface area contributed by atoms with Gasteiger partial charge in [-0.15, -0.1) is 0 Å². The molecule has 30 heavy (non-hydrogen) atoms. The van der Waals surface area contributed by atoms with Gasteiger partial charge in [0.25, 0.3) is 5.91 Å². The van der Waals surface area contributed by atoms with E-state index in [2.05, 4.69) is 30.6 Å². The fourth-order valence-electron chi connectivity index (χ4n) is 3.51. The van der Waals surface area contributed by atoms with Gasteiger partial charge < -0.3 is 15.5 Å². The minimum Gasteiger partial charge on any atom is -0.347 e. The average molecular weight is 406 g/mol. The zero-order valence-electron chi connectivity index (χ0n) is 17.6. The van der Waals surface area contributed by atoms with Crippen LogP contribution in [0, 0.1) is 6.92 Å². The van der Waals surface area contributed by atoms with Gasteiger partial charge >= 0.3 is 0 Å². The number of carbonyl (C=O) groups excluding carboxylic acids is 1. The van der Waals surface area contributed by atoms with Crippen LogP contribution in [0.4, 0.5) is 11.6 Å². The van der Waals surface area contributed by atoms with Crippen LogP contribution in [0.3, 0.4) is 0 Å². The monoisotopic (exact) mass is 405 g/mol. The molecular weight excluding hydrogens is 378 g/mol. The second-order valence-corrected chi connectivity index (χ2v) is 7.83. The molecule has 1 atom stereocenters. The zero-order chi connectivity index (χ0) is 21.1. The molecule has 1 fully saturated rings. The van der Waals surface area contributed by atoms with Gasteiger partial charge in [0.2, 0.25) is 5.95 Å².